The van der Waals surface area contributed by atoms with Crippen molar-refractivity contribution >= 4 is 11.4 Å². The zero-order valence-corrected chi connectivity index (χ0v) is 14.2. The Kier molecular flexibility index (Phi) is 7.40. The molecule has 0 saturated heterocycles. The molecule has 1 aromatic carbocycles. The van der Waals surface area contributed by atoms with E-state index in [2.05, 4.69) is 11.3 Å². The van der Waals surface area contributed by atoms with Crippen molar-refractivity contribution in [3.05, 3.63) is 47.7 Å². The highest BCUT2D eigenvalue weighted by atomic mass is 19.3. The Morgan fingerprint density at radius 3 is 2.33 bits per heavy atom. The van der Waals surface area contributed by atoms with Crippen LogP contribution in [0.15, 0.2) is 42.1 Å². The van der Waals surface area contributed by atoms with Gasteiger partial charge in [0.15, 0.2) is 0 Å². The Labute approximate surface area is 141 Å². The topological polar surface area (TPSA) is 62.3 Å². The molecule has 6 heteroatoms. The van der Waals surface area contributed by atoms with Crippen LogP contribution in [0.25, 0.3) is 5.70 Å². The quantitative estimate of drug-likeness (QED) is 0.566. The molecule has 0 aromatic heterocycles. The second-order valence-electron chi connectivity index (χ2n) is 5.20. The number of nitriles is 1. The van der Waals surface area contributed by atoms with E-state index in [9.17, 15) is 14.0 Å². The maximum Gasteiger partial charge on any atom is 0.345 e. The number of hydrogen-bond donors (Lipinski definition) is 1. The van der Waals surface area contributed by atoms with Crippen molar-refractivity contribution in [1.82, 2.24) is 4.90 Å². The van der Waals surface area contributed by atoms with Gasteiger partial charge in [0.25, 0.3) is 0 Å². The fraction of sp³-hybridized carbons (Fsp3) is 0.389. The molecule has 0 aliphatic rings. The summed E-state index contributed by atoms with van der Waals surface area (Å²) < 4.78 is 29.8. The van der Waals surface area contributed by atoms with Crippen LogP contribution in [-0.2, 0) is 4.74 Å². The molecule has 0 amide bonds. The fourth-order valence-corrected chi connectivity index (χ4v) is 2.39. The molecule has 0 bridgehead atoms. The average molecular weight is 335 g/mol. The van der Waals surface area contributed by atoms with Gasteiger partial charge in [-0.1, -0.05) is 25.6 Å². The average Bonchev–Trinajstić information content (AvgIpc) is 2.54. The van der Waals surface area contributed by atoms with Crippen molar-refractivity contribution in [3.8, 4) is 6.07 Å². The normalized spacial score (nSPS) is 13.2. The number of nitrogens with two attached hydrogens (primary N) is 1. The number of alkyl halides is 2. The van der Waals surface area contributed by atoms with Crippen LogP contribution in [0.3, 0.4) is 0 Å². The number of allylic oxidation sites excluding steroid dienone is 1. The number of benzene rings is 1. The molecule has 2 N–H and O–H groups in total. The molecule has 1 atom stereocenters. The smallest absolute Gasteiger partial charge is 0.345 e. The van der Waals surface area contributed by atoms with Crippen molar-refractivity contribution in [2.75, 3.05) is 12.3 Å². The molecule has 24 heavy (non-hydrogen) atoms. The zero-order valence-electron chi connectivity index (χ0n) is 14.2. The molecule has 4 nitrogen and oxygen atoms in total. The second kappa shape index (κ2) is 9.04. The van der Waals surface area contributed by atoms with Crippen LogP contribution < -0.4 is 5.73 Å². The van der Waals surface area contributed by atoms with Crippen molar-refractivity contribution in [1.29, 1.82) is 5.26 Å². The SMILES string of the molecule is C=C(CC)N(CC)/C(=C(/C#N)C(C)OC(F)F)c1ccc(N)cc1. The number of ether oxygens (including phenoxy) is 1. The fourth-order valence-electron chi connectivity index (χ4n) is 2.39. The van der Waals surface area contributed by atoms with Crippen molar-refractivity contribution in [3.63, 3.8) is 0 Å². The van der Waals surface area contributed by atoms with Crippen LogP contribution in [0.4, 0.5) is 14.5 Å². The molecular formula is C18H23F2N3O. The van der Waals surface area contributed by atoms with Crippen LogP contribution in [0.1, 0.15) is 32.8 Å². The van der Waals surface area contributed by atoms with Gasteiger partial charge in [-0.3, -0.25) is 0 Å². The van der Waals surface area contributed by atoms with Gasteiger partial charge in [-0.25, -0.2) is 0 Å². The van der Waals surface area contributed by atoms with Gasteiger partial charge in [0, 0.05) is 17.9 Å². The molecule has 0 fully saturated rings. The molecule has 0 aliphatic carbocycles. The van der Waals surface area contributed by atoms with Gasteiger partial charge in [-0.05, 0) is 38.0 Å². The van der Waals surface area contributed by atoms with Gasteiger partial charge in [0.1, 0.15) is 0 Å². The predicted octanol–water partition coefficient (Wildman–Crippen LogP) is 4.38. The summed E-state index contributed by atoms with van der Waals surface area (Å²) in [7, 11) is 0. The highest BCUT2D eigenvalue weighted by molar-refractivity contribution is 5.73. The Balaban J connectivity index is 3.55. The van der Waals surface area contributed by atoms with E-state index < -0.39 is 12.7 Å². The molecule has 0 spiro atoms. The summed E-state index contributed by atoms with van der Waals surface area (Å²) in [6.45, 7) is 6.88. The minimum absolute atomic E-state index is 0.122. The Morgan fingerprint density at radius 2 is 1.92 bits per heavy atom. The van der Waals surface area contributed by atoms with Gasteiger partial charge in [-0.2, -0.15) is 14.0 Å². The van der Waals surface area contributed by atoms with Crippen LogP contribution in [0.5, 0.6) is 0 Å². The standard InChI is InChI=1S/C18H23F2N3O/c1-5-12(3)23(6-2)17(14-7-9-15(22)10-8-14)16(11-21)13(4)24-18(19)20/h7-10,13,18H,3,5-6,22H2,1-2,4H3/b17-16-. The van der Waals surface area contributed by atoms with Crippen molar-refractivity contribution in [2.45, 2.75) is 39.9 Å². The van der Waals surface area contributed by atoms with Crippen LogP contribution >= 0.6 is 0 Å². The van der Waals surface area contributed by atoms with Crippen molar-refractivity contribution < 1.29 is 13.5 Å². The summed E-state index contributed by atoms with van der Waals surface area (Å²) in [6, 6.07) is 8.93. The summed E-state index contributed by atoms with van der Waals surface area (Å²) in [6.07, 6.45) is -0.393. The largest absolute Gasteiger partial charge is 0.399 e. The Hall–Kier alpha value is -2.39. The molecule has 0 radical (unpaired) electrons. The molecular weight excluding hydrogens is 312 g/mol. The number of hydrogen-bond acceptors (Lipinski definition) is 4. The summed E-state index contributed by atoms with van der Waals surface area (Å²) in [5.41, 5.74) is 8.41. The Bertz CT molecular complexity index is 633. The van der Waals surface area contributed by atoms with E-state index in [1.165, 1.54) is 6.92 Å². The molecule has 0 aliphatic heterocycles. The summed E-state index contributed by atoms with van der Waals surface area (Å²) >= 11 is 0. The van der Waals surface area contributed by atoms with E-state index in [0.717, 1.165) is 5.70 Å². The molecule has 1 aromatic rings. The molecule has 0 saturated carbocycles. The third-order valence-electron chi connectivity index (χ3n) is 3.65. The second-order valence-corrected chi connectivity index (χ2v) is 5.20. The maximum absolute atomic E-state index is 12.6. The summed E-state index contributed by atoms with van der Waals surface area (Å²) in [5.74, 6) is 0. The van der Waals surface area contributed by atoms with Gasteiger partial charge in [0.2, 0.25) is 0 Å². The first-order chi connectivity index (χ1) is 11.3. The van der Waals surface area contributed by atoms with Crippen LogP contribution in [0.2, 0.25) is 0 Å². The third kappa shape index (κ3) is 4.80. The van der Waals surface area contributed by atoms with E-state index in [1.807, 2.05) is 24.8 Å². The first-order valence-electron chi connectivity index (χ1n) is 7.74. The molecule has 130 valence electrons. The highest BCUT2D eigenvalue weighted by Crippen LogP contribution is 2.30. The minimum Gasteiger partial charge on any atom is -0.399 e. The maximum atomic E-state index is 12.6. The van der Waals surface area contributed by atoms with E-state index in [0.29, 0.717) is 29.9 Å². The first kappa shape index (κ1) is 19.7. The highest BCUT2D eigenvalue weighted by Gasteiger charge is 2.24. The lowest BCUT2D eigenvalue weighted by molar-refractivity contribution is -0.147. The van der Waals surface area contributed by atoms with E-state index >= 15 is 0 Å². The minimum atomic E-state index is -2.96. The van der Waals surface area contributed by atoms with E-state index in [4.69, 9.17) is 5.73 Å². The van der Waals surface area contributed by atoms with Gasteiger partial charge >= 0.3 is 6.61 Å². The number of rotatable bonds is 8. The van der Waals surface area contributed by atoms with Crippen LogP contribution in [0, 0.1) is 11.3 Å². The number of nitrogens with zero attached hydrogens (tertiary/aromatic N) is 2. The predicted molar refractivity (Wildman–Crippen MR) is 91.7 cm³/mol. The van der Waals surface area contributed by atoms with Gasteiger partial charge in [-0.15, -0.1) is 0 Å². The Morgan fingerprint density at radius 1 is 1.33 bits per heavy atom. The summed E-state index contributed by atoms with van der Waals surface area (Å²) in [5, 5.41) is 9.58. The first-order valence-corrected chi connectivity index (χ1v) is 7.74. The monoisotopic (exact) mass is 335 g/mol. The van der Waals surface area contributed by atoms with Crippen molar-refractivity contribution in [2.24, 2.45) is 0 Å². The molecule has 1 rings (SSSR count). The zero-order chi connectivity index (χ0) is 18.3. The third-order valence-corrected chi connectivity index (χ3v) is 3.65. The summed E-state index contributed by atoms with van der Waals surface area (Å²) in [4.78, 5) is 1.84. The lowest BCUT2D eigenvalue weighted by atomic mass is 10.0. The van der Waals surface area contributed by atoms with E-state index in [1.54, 1.807) is 24.3 Å². The number of anilines is 1. The lowest BCUT2D eigenvalue weighted by Gasteiger charge is -2.30. The van der Waals surface area contributed by atoms with E-state index in [-0.39, 0.29) is 5.57 Å². The van der Waals surface area contributed by atoms with Gasteiger partial charge in [0.05, 0.1) is 23.4 Å². The lowest BCUT2D eigenvalue weighted by Crippen LogP contribution is -2.25. The molecule has 0 heterocycles. The van der Waals surface area contributed by atoms with Gasteiger partial charge < -0.3 is 15.4 Å². The number of halogens is 2. The van der Waals surface area contributed by atoms with Crippen LogP contribution in [-0.4, -0.2) is 24.2 Å². The number of nitrogen functional groups attached to an aromatic ring is 1. The molecule has 1 unspecified atom stereocenters.